The molecule has 3 rings (SSSR count). The van der Waals surface area contributed by atoms with E-state index in [-0.39, 0.29) is 17.0 Å². The van der Waals surface area contributed by atoms with Crippen LogP contribution in [0.4, 0.5) is 0 Å². The van der Waals surface area contributed by atoms with Gasteiger partial charge in [-0.2, -0.15) is 0 Å². The molecule has 0 unspecified atom stereocenters. The van der Waals surface area contributed by atoms with Crippen LogP contribution in [0.1, 0.15) is 44.1 Å². The van der Waals surface area contributed by atoms with E-state index in [0.717, 1.165) is 6.54 Å². The fraction of sp³-hybridized carbons (Fsp3) is 0.529. The zero-order valence-electron chi connectivity index (χ0n) is 11.6. The molecule has 0 N–H and O–H groups in total. The van der Waals surface area contributed by atoms with Gasteiger partial charge in [0.1, 0.15) is 0 Å². The van der Waals surface area contributed by atoms with Crippen molar-refractivity contribution in [3.63, 3.8) is 0 Å². The molecule has 0 spiro atoms. The fourth-order valence-electron chi connectivity index (χ4n) is 3.70. The van der Waals surface area contributed by atoms with Crippen molar-refractivity contribution >= 4 is 17.0 Å². The minimum atomic E-state index is 0. The molecule has 1 aliphatic carbocycles. The average Bonchev–Trinajstić information content (AvgIpc) is 2.50. The predicted octanol–water partition coefficient (Wildman–Crippen LogP) is 4.69. The smallest absolute Gasteiger partial charge is 0.0464 e. The predicted molar refractivity (Wildman–Crippen MR) is 86.9 cm³/mol. The van der Waals surface area contributed by atoms with E-state index in [0.29, 0.717) is 5.54 Å². The van der Waals surface area contributed by atoms with Gasteiger partial charge in [-0.3, -0.25) is 4.90 Å². The molecule has 1 aliphatic heterocycles. The van der Waals surface area contributed by atoms with Crippen LogP contribution in [0.25, 0.3) is 0 Å². The van der Waals surface area contributed by atoms with Crippen molar-refractivity contribution < 1.29 is 0 Å². The lowest BCUT2D eigenvalue weighted by Gasteiger charge is -2.47. The molecule has 1 aromatic rings. The first-order valence-corrected chi connectivity index (χ1v) is 7.37. The highest BCUT2D eigenvalue weighted by molar-refractivity contribution is 8.93. The Balaban J connectivity index is 0.00000133. The summed E-state index contributed by atoms with van der Waals surface area (Å²) in [7, 11) is 0. The summed E-state index contributed by atoms with van der Waals surface area (Å²) in [5.74, 6) is 0. The molecule has 0 amide bonds. The SMILES string of the molecule is Br.C1=CCN(C2(c3ccccc3)CCCCC2)CC1. The Bertz CT molecular complexity index is 407. The van der Waals surface area contributed by atoms with Gasteiger partial charge >= 0.3 is 0 Å². The van der Waals surface area contributed by atoms with E-state index in [1.807, 2.05) is 0 Å². The molecule has 19 heavy (non-hydrogen) atoms. The third-order valence-corrected chi connectivity index (χ3v) is 4.66. The van der Waals surface area contributed by atoms with Crippen molar-refractivity contribution in [1.82, 2.24) is 4.90 Å². The summed E-state index contributed by atoms with van der Waals surface area (Å²) in [5, 5.41) is 0. The maximum Gasteiger partial charge on any atom is 0.0464 e. The second kappa shape index (κ2) is 6.71. The number of hydrogen-bond donors (Lipinski definition) is 0. The normalized spacial score (nSPS) is 22.7. The van der Waals surface area contributed by atoms with Gasteiger partial charge in [0.15, 0.2) is 0 Å². The maximum absolute atomic E-state index is 2.72. The second-order valence-electron chi connectivity index (χ2n) is 5.66. The van der Waals surface area contributed by atoms with Crippen LogP contribution in [0, 0.1) is 0 Å². The molecule has 1 fully saturated rings. The van der Waals surface area contributed by atoms with Crippen LogP contribution in [0.5, 0.6) is 0 Å². The Hall–Kier alpha value is -0.600. The first kappa shape index (κ1) is 14.8. The Morgan fingerprint density at radius 1 is 0.895 bits per heavy atom. The molecule has 0 radical (unpaired) electrons. The molecular formula is C17H24BrN. The molecule has 0 saturated heterocycles. The Morgan fingerprint density at radius 2 is 1.63 bits per heavy atom. The standard InChI is InChI=1S/C17H23N.BrH/c1-4-10-16(11-5-1)17(12-6-2-7-13-17)18-14-8-3-9-15-18;/h1,3-5,8,10-11H,2,6-7,9,12-15H2;1H. The van der Waals surface area contributed by atoms with Crippen LogP contribution in [0.15, 0.2) is 42.5 Å². The summed E-state index contributed by atoms with van der Waals surface area (Å²) in [6, 6.07) is 11.2. The minimum absolute atomic E-state index is 0. The first-order valence-electron chi connectivity index (χ1n) is 7.37. The lowest BCUT2D eigenvalue weighted by atomic mass is 9.75. The van der Waals surface area contributed by atoms with Gasteiger partial charge in [-0.15, -0.1) is 17.0 Å². The van der Waals surface area contributed by atoms with Crippen LogP contribution < -0.4 is 0 Å². The molecule has 1 aromatic carbocycles. The molecule has 1 heterocycles. The molecule has 0 atom stereocenters. The van der Waals surface area contributed by atoms with Gasteiger partial charge in [-0.1, -0.05) is 61.7 Å². The van der Waals surface area contributed by atoms with Gasteiger partial charge in [0.2, 0.25) is 0 Å². The minimum Gasteiger partial charge on any atom is -0.290 e. The van der Waals surface area contributed by atoms with Crippen molar-refractivity contribution in [2.24, 2.45) is 0 Å². The van der Waals surface area contributed by atoms with Gasteiger partial charge in [0.05, 0.1) is 0 Å². The topological polar surface area (TPSA) is 3.24 Å². The monoisotopic (exact) mass is 321 g/mol. The lowest BCUT2D eigenvalue weighted by Crippen LogP contribution is -2.48. The van der Waals surface area contributed by atoms with Gasteiger partial charge in [0.25, 0.3) is 0 Å². The summed E-state index contributed by atoms with van der Waals surface area (Å²) in [6.45, 7) is 2.36. The molecule has 1 nitrogen and oxygen atoms in total. The van der Waals surface area contributed by atoms with Crippen LogP contribution in [0.2, 0.25) is 0 Å². The highest BCUT2D eigenvalue weighted by Crippen LogP contribution is 2.42. The van der Waals surface area contributed by atoms with Gasteiger partial charge in [0, 0.05) is 18.6 Å². The fourth-order valence-corrected chi connectivity index (χ4v) is 3.70. The number of rotatable bonds is 2. The zero-order chi connectivity index (χ0) is 12.3. The van der Waals surface area contributed by atoms with E-state index < -0.39 is 0 Å². The molecule has 1 saturated carbocycles. The summed E-state index contributed by atoms with van der Waals surface area (Å²) < 4.78 is 0. The maximum atomic E-state index is 2.72. The van der Waals surface area contributed by atoms with Crippen LogP contribution in [-0.2, 0) is 5.54 Å². The van der Waals surface area contributed by atoms with Crippen LogP contribution >= 0.6 is 17.0 Å². The third-order valence-electron chi connectivity index (χ3n) is 4.66. The van der Waals surface area contributed by atoms with Gasteiger partial charge in [-0.05, 0) is 24.8 Å². The lowest BCUT2D eigenvalue weighted by molar-refractivity contribution is 0.0558. The Morgan fingerprint density at radius 3 is 2.26 bits per heavy atom. The quantitative estimate of drug-likeness (QED) is 0.714. The Kier molecular flexibility index (Phi) is 5.23. The summed E-state index contributed by atoms with van der Waals surface area (Å²) in [4.78, 5) is 2.72. The van der Waals surface area contributed by atoms with E-state index in [1.165, 1.54) is 45.1 Å². The summed E-state index contributed by atoms with van der Waals surface area (Å²) in [6.07, 6.45) is 12.8. The highest BCUT2D eigenvalue weighted by Gasteiger charge is 2.38. The third kappa shape index (κ3) is 2.95. The van der Waals surface area contributed by atoms with E-state index in [9.17, 15) is 0 Å². The summed E-state index contributed by atoms with van der Waals surface area (Å²) in [5.41, 5.74) is 1.87. The van der Waals surface area contributed by atoms with E-state index >= 15 is 0 Å². The van der Waals surface area contributed by atoms with Crippen molar-refractivity contribution in [3.05, 3.63) is 48.0 Å². The van der Waals surface area contributed by atoms with Crippen LogP contribution in [-0.4, -0.2) is 18.0 Å². The van der Waals surface area contributed by atoms with Gasteiger partial charge in [-0.25, -0.2) is 0 Å². The number of nitrogens with zero attached hydrogens (tertiary/aromatic N) is 1. The van der Waals surface area contributed by atoms with E-state index in [1.54, 1.807) is 5.56 Å². The van der Waals surface area contributed by atoms with E-state index in [4.69, 9.17) is 0 Å². The average molecular weight is 322 g/mol. The number of hydrogen-bond acceptors (Lipinski definition) is 1. The first-order chi connectivity index (χ1) is 8.92. The molecular weight excluding hydrogens is 298 g/mol. The van der Waals surface area contributed by atoms with Crippen molar-refractivity contribution in [1.29, 1.82) is 0 Å². The van der Waals surface area contributed by atoms with Crippen molar-refractivity contribution in [3.8, 4) is 0 Å². The van der Waals surface area contributed by atoms with Crippen molar-refractivity contribution in [2.45, 2.75) is 44.1 Å². The van der Waals surface area contributed by atoms with Crippen LogP contribution in [0.3, 0.4) is 0 Å². The van der Waals surface area contributed by atoms with Crippen molar-refractivity contribution in [2.75, 3.05) is 13.1 Å². The number of benzene rings is 1. The largest absolute Gasteiger partial charge is 0.290 e. The highest BCUT2D eigenvalue weighted by atomic mass is 79.9. The zero-order valence-corrected chi connectivity index (χ0v) is 13.3. The summed E-state index contributed by atoms with van der Waals surface area (Å²) >= 11 is 0. The molecule has 2 aliphatic rings. The molecule has 104 valence electrons. The number of halogens is 1. The van der Waals surface area contributed by atoms with Gasteiger partial charge < -0.3 is 0 Å². The molecule has 2 heteroatoms. The molecule has 0 aromatic heterocycles. The second-order valence-corrected chi connectivity index (χ2v) is 5.66. The Labute approximate surface area is 127 Å². The molecule has 0 bridgehead atoms. The van der Waals surface area contributed by atoms with E-state index in [2.05, 4.69) is 47.4 Å².